The van der Waals surface area contributed by atoms with Gasteiger partial charge in [0.2, 0.25) is 5.17 Å². The Kier molecular flexibility index (Phi) is 6.26. The van der Waals surface area contributed by atoms with E-state index in [4.69, 9.17) is 5.41 Å². The van der Waals surface area contributed by atoms with Gasteiger partial charge < -0.3 is 4.57 Å². The van der Waals surface area contributed by atoms with E-state index in [1.807, 2.05) is 44.2 Å². The number of hydrogen-bond donors (Lipinski definition) is 1. The van der Waals surface area contributed by atoms with Crippen LogP contribution in [0.1, 0.15) is 59.8 Å². The number of thioether (sulfide) groups is 1. The third kappa shape index (κ3) is 4.24. The Balaban J connectivity index is 1.47. The number of nitrogens with one attached hydrogen (secondary N) is 1. The fraction of sp³-hybridized carbons (Fsp3) is 0.241. The Morgan fingerprint density at radius 2 is 1.83 bits per heavy atom. The Labute approximate surface area is 215 Å². The van der Waals surface area contributed by atoms with Crippen LogP contribution in [0.4, 0.5) is 0 Å². The summed E-state index contributed by atoms with van der Waals surface area (Å²) in [5.41, 5.74) is 7.67. The van der Waals surface area contributed by atoms with Crippen molar-refractivity contribution in [1.82, 2.24) is 9.58 Å². The maximum absolute atomic E-state index is 13.0. The zero-order valence-corrected chi connectivity index (χ0v) is 22.0. The van der Waals surface area contributed by atoms with Gasteiger partial charge in [0.05, 0.1) is 5.57 Å². The van der Waals surface area contributed by atoms with Gasteiger partial charge in [0, 0.05) is 22.6 Å². The van der Waals surface area contributed by atoms with Crippen molar-refractivity contribution in [3.8, 4) is 5.69 Å². The van der Waals surface area contributed by atoms with Crippen LogP contribution < -0.4 is 0 Å². The molecule has 3 heterocycles. The molecule has 0 saturated carbocycles. The fourth-order valence-corrected chi connectivity index (χ4v) is 5.45. The number of amides is 1. The van der Waals surface area contributed by atoms with Crippen LogP contribution in [-0.2, 0) is 4.79 Å². The molecule has 0 bridgehead atoms. The van der Waals surface area contributed by atoms with Crippen LogP contribution >= 0.6 is 11.8 Å². The molecule has 0 radical (unpaired) electrons. The minimum Gasteiger partial charge on any atom is -0.318 e. The van der Waals surface area contributed by atoms with Crippen LogP contribution in [0.15, 0.2) is 70.3 Å². The Hall–Kier alpha value is -3.71. The fourth-order valence-electron chi connectivity index (χ4n) is 4.56. The molecule has 36 heavy (non-hydrogen) atoms. The number of amidine groups is 2. The lowest BCUT2D eigenvalue weighted by atomic mass is 9.98. The number of carbonyl (C=O) groups is 1. The standard InChI is InChI=1S/C29H29N5OS/c1-6-18(3)21-10-12-24(13-11-21)33-19(4)15-23(20(33)5)16-25-26(30)34-29(31-27(25)35)36-28(32-34)22-9-7-8-17(2)14-22/h7-16,18,30H,6H2,1-5H3/b25-16-,30-26?. The van der Waals surface area contributed by atoms with Gasteiger partial charge in [-0.3, -0.25) is 10.2 Å². The molecule has 6 nitrogen and oxygen atoms in total. The molecule has 0 aliphatic carbocycles. The summed E-state index contributed by atoms with van der Waals surface area (Å²) in [6.07, 6.45) is 2.87. The summed E-state index contributed by atoms with van der Waals surface area (Å²) >= 11 is 1.32. The van der Waals surface area contributed by atoms with Crippen LogP contribution in [0, 0.1) is 26.2 Å². The summed E-state index contributed by atoms with van der Waals surface area (Å²) in [6, 6.07) is 18.7. The number of rotatable bonds is 5. The SMILES string of the molecule is CCC(C)c1ccc(-n2c(C)cc(/C=C3/C(=N)N4N=C(c5cccc(C)c5)SC4=NC3=O)c2C)cc1. The second-order valence-electron chi connectivity index (χ2n) is 9.36. The van der Waals surface area contributed by atoms with Crippen molar-refractivity contribution in [1.29, 1.82) is 5.41 Å². The molecule has 1 N–H and O–H groups in total. The van der Waals surface area contributed by atoms with Gasteiger partial charge in [-0.2, -0.15) is 15.1 Å². The van der Waals surface area contributed by atoms with Crippen LogP contribution in [0.2, 0.25) is 0 Å². The molecule has 2 aromatic carbocycles. The number of hydrazone groups is 1. The quantitative estimate of drug-likeness (QED) is 0.406. The summed E-state index contributed by atoms with van der Waals surface area (Å²) in [5, 5.41) is 16.0. The summed E-state index contributed by atoms with van der Waals surface area (Å²) in [5.74, 6) is 0.155. The summed E-state index contributed by atoms with van der Waals surface area (Å²) in [6.45, 7) is 10.6. The zero-order valence-electron chi connectivity index (χ0n) is 21.2. The Bertz CT molecular complexity index is 1480. The minimum absolute atomic E-state index is 0.0443. The smallest absolute Gasteiger partial charge is 0.283 e. The maximum atomic E-state index is 13.0. The largest absolute Gasteiger partial charge is 0.318 e. The van der Waals surface area contributed by atoms with E-state index < -0.39 is 5.91 Å². The first-order valence-electron chi connectivity index (χ1n) is 12.1. The Morgan fingerprint density at radius 3 is 2.53 bits per heavy atom. The highest BCUT2D eigenvalue weighted by Crippen LogP contribution is 2.32. The zero-order chi connectivity index (χ0) is 25.6. The lowest BCUT2D eigenvalue weighted by Crippen LogP contribution is -2.35. The molecule has 1 amide bonds. The van der Waals surface area contributed by atoms with Gasteiger partial charge in [-0.1, -0.05) is 49.7 Å². The van der Waals surface area contributed by atoms with Crippen molar-refractivity contribution in [2.45, 2.75) is 47.0 Å². The Morgan fingerprint density at radius 1 is 1.08 bits per heavy atom. The molecule has 5 rings (SSSR count). The molecular formula is C29H29N5OS. The average molecular weight is 496 g/mol. The van der Waals surface area contributed by atoms with Gasteiger partial charge in [0.1, 0.15) is 5.04 Å². The molecule has 1 atom stereocenters. The lowest BCUT2D eigenvalue weighted by Gasteiger charge is -2.20. The van der Waals surface area contributed by atoms with E-state index in [9.17, 15) is 4.79 Å². The normalized spacial score (nSPS) is 17.4. The molecule has 182 valence electrons. The molecule has 2 aliphatic heterocycles. The molecule has 0 saturated heterocycles. The molecule has 1 aromatic heterocycles. The van der Waals surface area contributed by atoms with E-state index in [2.05, 4.69) is 59.7 Å². The highest BCUT2D eigenvalue weighted by molar-refractivity contribution is 8.27. The van der Waals surface area contributed by atoms with Crippen molar-refractivity contribution in [2.75, 3.05) is 0 Å². The van der Waals surface area contributed by atoms with Crippen LogP contribution in [0.5, 0.6) is 0 Å². The van der Waals surface area contributed by atoms with Crippen molar-refractivity contribution in [3.05, 3.63) is 93.8 Å². The van der Waals surface area contributed by atoms with E-state index in [-0.39, 0.29) is 11.4 Å². The molecule has 0 spiro atoms. The second-order valence-corrected chi connectivity index (χ2v) is 10.3. The molecule has 0 fully saturated rings. The highest BCUT2D eigenvalue weighted by Gasteiger charge is 2.36. The number of fused-ring (bicyclic) bond motifs is 1. The second kappa shape index (κ2) is 9.39. The van der Waals surface area contributed by atoms with Crippen molar-refractivity contribution in [3.63, 3.8) is 0 Å². The molecular weight excluding hydrogens is 466 g/mol. The number of hydrogen-bond acceptors (Lipinski definition) is 4. The van der Waals surface area contributed by atoms with Crippen LogP contribution in [0.25, 0.3) is 11.8 Å². The first kappa shape index (κ1) is 24.0. The van der Waals surface area contributed by atoms with Gasteiger partial charge in [-0.05, 0) is 86.3 Å². The van der Waals surface area contributed by atoms with E-state index in [1.165, 1.54) is 22.3 Å². The third-order valence-corrected chi connectivity index (χ3v) is 7.78. The number of aliphatic imine (C=N–C) groups is 1. The summed E-state index contributed by atoms with van der Waals surface area (Å²) in [7, 11) is 0. The van der Waals surface area contributed by atoms with Crippen molar-refractivity contribution >= 4 is 39.8 Å². The van der Waals surface area contributed by atoms with Crippen molar-refractivity contribution < 1.29 is 4.79 Å². The molecule has 2 aliphatic rings. The minimum atomic E-state index is -0.415. The molecule has 3 aromatic rings. The molecule has 7 heteroatoms. The maximum Gasteiger partial charge on any atom is 0.283 e. The first-order valence-corrected chi connectivity index (χ1v) is 12.9. The summed E-state index contributed by atoms with van der Waals surface area (Å²) in [4.78, 5) is 17.2. The topological polar surface area (TPSA) is 73.8 Å². The monoisotopic (exact) mass is 495 g/mol. The number of aromatic nitrogens is 1. The lowest BCUT2D eigenvalue weighted by molar-refractivity contribution is -0.114. The predicted molar refractivity (Wildman–Crippen MR) is 149 cm³/mol. The van der Waals surface area contributed by atoms with E-state index in [1.54, 1.807) is 6.08 Å². The van der Waals surface area contributed by atoms with Gasteiger partial charge in [-0.15, -0.1) is 0 Å². The van der Waals surface area contributed by atoms with Gasteiger partial charge >= 0.3 is 0 Å². The van der Waals surface area contributed by atoms with E-state index in [0.29, 0.717) is 11.1 Å². The van der Waals surface area contributed by atoms with Crippen molar-refractivity contribution in [2.24, 2.45) is 10.1 Å². The number of nitrogens with zero attached hydrogens (tertiary/aromatic N) is 4. The third-order valence-electron chi connectivity index (χ3n) is 6.82. The highest BCUT2D eigenvalue weighted by atomic mass is 32.2. The van der Waals surface area contributed by atoms with Crippen LogP contribution in [-0.4, -0.2) is 31.5 Å². The van der Waals surface area contributed by atoms with Crippen LogP contribution in [0.3, 0.4) is 0 Å². The van der Waals surface area contributed by atoms with Gasteiger partial charge in [0.25, 0.3) is 5.91 Å². The molecule has 1 unspecified atom stereocenters. The predicted octanol–water partition coefficient (Wildman–Crippen LogP) is 6.58. The first-order chi connectivity index (χ1) is 17.3. The van der Waals surface area contributed by atoms with Gasteiger partial charge in [-0.25, -0.2) is 0 Å². The number of benzene rings is 2. The van der Waals surface area contributed by atoms with Gasteiger partial charge in [0.15, 0.2) is 5.84 Å². The summed E-state index contributed by atoms with van der Waals surface area (Å²) < 4.78 is 2.18. The van der Waals surface area contributed by atoms with E-state index >= 15 is 0 Å². The number of carbonyl (C=O) groups excluding carboxylic acids is 1. The number of aryl methyl sites for hydroxylation is 2. The average Bonchev–Trinajstić information content (AvgIpc) is 3.41. The van der Waals surface area contributed by atoms with E-state index in [0.717, 1.165) is 45.2 Å².